The Morgan fingerprint density at radius 3 is 2.83 bits per heavy atom. The van der Waals surface area contributed by atoms with E-state index in [1.165, 1.54) is 0 Å². The predicted molar refractivity (Wildman–Crippen MR) is 48.9 cm³/mol. The van der Waals surface area contributed by atoms with E-state index in [2.05, 4.69) is 10.6 Å². The van der Waals surface area contributed by atoms with Crippen molar-refractivity contribution in [1.82, 2.24) is 5.32 Å². The zero-order chi connectivity index (χ0) is 8.97. The lowest BCUT2D eigenvalue weighted by Crippen LogP contribution is -2.24. The standard InChI is InChI=1S/C8H11N3O/c1-10-8(12)11-7-4-2-3-6(9)5-7/h2-5H,9H2,1H3,(H2,10,11,12). The highest BCUT2D eigenvalue weighted by atomic mass is 16.2. The second-order valence-corrected chi connectivity index (χ2v) is 2.33. The van der Waals surface area contributed by atoms with Crippen molar-refractivity contribution in [3.63, 3.8) is 0 Å². The van der Waals surface area contributed by atoms with Gasteiger partial charge in [0.1, 0.15) is 0 Å². The van der Waals surface area contributed by atoms with E-state index in [9.17, 15) is 4.79 Å². The Kier molecular flexibility index (Phi) is 2.53. The van der Waals surface area contributed by atoms with E-state index in [1.807, 2.05) is 0 Å². The SMILES string of the molecule is CNC(=O)Nc1cccc(N)c1. The van der Waals surface area contributed by atoms with Gasteiger partial charge >= 0.3 is 6.03 Å². The van der Waals surface area contributed by atoms with Crippen LogP contribution in [0, 0.1) is 0 Å². The third-order valence-electron chi connectivity index (χ3n) is 1.37. The summed E-state index contributed by atoms with van der Waals surface area (Å²) in [5.41, 5.74) is 6.82. The maximum absolute atomic E-state index is 10.8. The molecule has 0 heterocycles. The number of nitrogens with one attached hydrogen (secondary N) is 2. The first-order valence-electron chi connectivity index (χ1n) is 3.56. The zero-order valence-electron chi connectivity index (χ0n) is 6.79. The number of rotatable bonds is 1. The highest BCUT2D eigenvalue weighted by Gasteiger charge is 1.96. The molecule has 2 amide bonds. The number of hydrogen-bond donors (Lipinski definition) is 3. The second kappa shape index (κ2) is 3.61. The number of urea groups is 1. The van der Waals surface area contributed by atoms with Gasteiger partial charge in [-0.05, 0) is 18.2 Å². The lowest BCUT2D eigenvalue weighted by Gasteiger charge is -2.03. The second-order valence-electron chi connectivity index (χ2n) is 2.33. The fourth-order valence-electron chi connectivity index (χ4n) is 0.810. The van der Waals surface area contributed by atoms with E-state index in [0.29, 0.717) is 11.4 Å². The topological polar surface area (TPSA) is 67.2 Å². The molecule has 0 bridgehead atoms. The molecule has 0 unspecified atom stereocenters. The average Bonchev–Trinajstić information content (AvgIpc) is 2.04. The van der Waals surface area contributed by atoms with Crippen molar-refractivity contribution in [2.24, 2.45) is 0 Å². The van der Waals surface area contributed by atoms with Crippen molar-refractivity contribution in [2.75, 3.05) is 18.1 Å². The maximum Gasteiger partial charge on any atom is 0.318 e. The summed E-state index contributed by atoms with van der Waals surface area (Å²) in [5.74, 6) is 0. The molecule has 0 saturated heterocycles. The fourth-order valence-corrected chi connectivity index (χ4v) is 0.810. The van der Waals surface area contributed by atoms with Crippen LogP contribution in [0.2, 0.25) is 0 Å². The van der Waals surface area contributed by atoms with E-state index >= 15 is 0 Å². The molecule has 0 aliphatic carbocycles. The molecule has 0 aromatic heterocycles. The number of carbonyl (C=O) groups is 1. The molecule has 0 saturated carbocycles. The average molecular weight is 165 g/mol. The van der Waals surface area contributed by atoms with Gasteiger partial charge in [0.15, 0.2) is 0 Å². The molecule has 4 heteroatoms. The molecule has 64 valence electrons. The van der Waals surface area contributed by atoms with Gasteiger partial charge in [0.25, 0.3) is 0 Å². The summed E-state index contributed by atoms with van der Waals surface area (Å²) in [7, 11) is 1.56. The number of nitrogens with two attached hydrogens (primary N) is 1. The van der Waals surface area contributed by atoms with Crippen LogP contribution in [0.1, 0.15) is 0 Å². The summed E-state index contributed by atoms with van der Waals surface area (Å²) in [5, 5.41) is 5.04. The Bertz CT molecular complexity index is 285. The van der Waals surface area contributed by atoms with Gasteiger partial charge in [-0.1, -0.05) is 6.07 Å². The first kappa shape index (κ1) is 8.39. The quantitative estimate of drug-likeness (QED) is 0.544. The Hall–Kier alpha value is -1.71. The number of carbonyl (C=O) groups excluding carboxylic acids is 1. The molecule has 1 aromatic carbocycles. The van der Waals surface area contributed by atoms with E-state index in [4.69, 9.17) is 5.73 Å². The molecule has 12 heavy (non-hydrogen) atoms. The lowest BCUT2D eigenvalue weighted by atomic mass is 10.3. The van der Waals surface area contributed by atoms with Crippen LogP contribution in [0.15, 0.2) is 24.3 Å². The number of benzene rings is 1. The molecular weight excluding hydrogens is 154 g/mol. The van der Waals surface area contributed by atoms with E-state index in [-0.39, 0.29) is 6.03 Å². The Morgan fingerprint density at radius 2 is 2.25 bits per heavy atom. The Balaban J connectivity index is 2.69. The summed E-state index contributed by atoms with van der Waals surface area (Å²) in [4.78, 5) is 10.8. The molecule has 0 aliphatic heterocycles. The van der Waals surface area contributed by atoms with Gasteiger partial charge in [0, 0.05) is 18.4 Å². The number of anilines is 2. The minimum atomic E-state index is -0.249. The van der Waals surface area contributed by atoms with Crippen LogP contribution in [0.4, 0.5) is 16.2 Å². The van der Waals surface area contributed by atoms with Crippen molar-refractivity contribution in [1.29, 1.82) is 0 Å². The molecular formula is C8H11N3O. The van der Waals surface area contributed by atoms with Gasteiger partial charge in [-0.3, -0.25) is 0 Å². The minimum absolute atomic E-state index is 0.249. The van der Waals surface area contributed by atoms with Crippen LogP contribution in [0.3, 0.4) is 0 Å². The van der Waals surface area contributed by atoms with E-state index < -0.39 is 0 Å². The van der Waals surface area contributed by atoms with Crippen molar-refractivity contribution in [3.8, 4) is 0 Å². The van der Waals surface area contributed by atoms with Crippen molar-refractivity contribution < 1.29 is 4.79 Å². The molecule has 4 N–H and O–H groups in total. The highest BCUT2D eigenvalue weighted by molar-refractivity contribution is 5.89. The van der Waals surface area contributed by atoms with Crippen LogP contribution in [-0.4, -0.2) is 13.1 Å². The smallest absolute Gasteiger partial charge is 0.318 e. The van der Waals surface area contributed by atoms with Crippen LogP contribution >= 0.6 is 0 Å². The Morgan fingerprint density at radius 1 is 1.50 bits per heavy atom. The van der Waals surface area contributed by atoms with Crippen molar-refractivity contribution in [3.05, 3.63) is 24.3 Å². The van der Waals surface area contributed by atoms with Gasteiger partial charge in [-0.2, -0.15) is 0 Å². The largest absolute Gasteiger partial charge is 0.399 e. The van der Waals surface area contributed by atoms with Gasteiger partial charge in [0.05, 0.1) is 0 Å². The summed E-state index contributed by atoms with van der Waals surface area (Å²) in [6.07, 6.45) is 0. The van der Waals surface area contributed by atoms with Gasteiger partial charge in [-0.25, -0.2) is 4.79 Å². The Labute approximate surface area is 70.8 Å². The van der Waals surface area contributed by atoms with Gasteiger partial charge in [0.2, 0.25) is 0 Å². The number of amides is 2. The third-order valence-corrected chi connectivity index (χ3v) is 1.37. The molecule has 1 aromatic rings. The van der Waals surface area contributed by atoms with Crippen LogP contribution in [0.5, 0.6) is 0 Å². The van der Waals surface area contributed by atoms with E-state index in [0.717, 1.165) is 0 Å². The summed E-state index contributed by atoms with van der Waals surface area (Å²) < 4.78 is 0. The summed E-state index contributed by atoms with van der Waals surface area (Å²) >= 11 is 0. The lowest BCUT2D eigenvalue weighted by molar-refractivity contribution is 0.254. The third kappa shape index (κ3) is 2.16. The van der Waals surface area contributed by atoms with Crippen LogP contribution in [-0.2, 0) is 0 Å². The van der Waals surface area contributed by atoms with Crippen LogP contribution < -0.4 is 16.4 Å². The summed E-state index contributed by atoms with van der Waals surface area (Å²) in [6, 6.07) is 6.75. The van der Waals surface area contributed by atoms with Crippen molar-refractivity contribution >= 4 is 17.4 Å². The highest BCUT2D eigenvalue weighted by Crippen LogP contribution is 2.10. The zero-order valence-corrected chi connectivity index (χ0v) is 6.79. The van der Waals surface area contributed by atoms with Gasteiger partial charge in [-0.15, -0.1) is 0 Å². The van der Waals surface area contributed by atoms with Gasteiger partial charge < -0.3 is 16.4 Å². The molecule has 0 fully saturated rings. The van der Waals surface area contributed by atoms with E-state index in [1.54, 1.807) is 31.3 Å². The molecule has 0 atom stereocenters. The molecule has 1 rings (SSSR count). The predicted octanol–water partition coefficient (Wildman–Crippen LogP) is 1.02. The van der Waals surface area contributed by atoms with Crippen molar-refractivity contribution in [2.45, 2.75) is 0 Å². The van der Waals surface area contributed by atoms with Crippen LogP contribution in [0.25, 0.3) is 0 Å². The first-order valence-corrected chi connectivity index (χ1v) is 3.56. The minimum Gasteiger partial charge on any atom is -0.399 e. The first-order chi connectivity index (χ1) is 5.72. The number of nitrogen functional groups attached to an aromatic ring is 1. The maximum atomic E-state index is 10.8. The fraction of sp³-hybridized carbons (Fsp3) is 0.125. The monoisotopic (exact) mass is 165 g/mol. The molecule has 4 nitrogen and oxygen atoms in total. The number of hydrogen-bond acceptors (Lipinski definition) is 2. The molecule has 0 aliphatic rings. The normalized spacial score (nSPS) is 9.08. The molecule has 0 radical (unpaired) electrons. The summed E-state index contributed by atoms with van der Waals surface area (Å²) in [6.45, 7) is 0. The molecule has 0 spiro atoms.